The van der Waals surface area contributed by atoms with Crippen molar-refractivity contribution in [1.29, 1.82) is 0 Å². The first-order valence-electron chi connectivity index (χ1n) is 8.08. The fraction of sp³-hybridized carbons (Fsp3) is 0.588. The molecule has 0 saturated heterocycles. The lowest BCUT2D eigenvalue weighted by atomic mass is 9.68. The molecule has 0 amide bonds. The highest BCUT2D eigenvalue weighted by Gasteiger charge is 2.44. The quantitative estimate of drug-likeness (QED) is 0.492. The molecule has 5 nitrogen and oxygen atoms in total. The molecule has 2 rings (SSSR count). The van der Waals surface area contributed by atoms with Crippen LogP contribution >= 0.6 is 12.2 Å². The van der Waals surface area contributed by atoms with Crippen molar-refractivity contribution in [1.82, 2.24) is 15.2 Å². The van der Waals surface area contributed by atoms with Crippen LogP contribution in [0.5, 0.6) is 0 Å². The molecule has 23 heavy (non-hydrogen) atoms. The molecule has 1 atom stereocenters. The van der Waals surface area contributed by atoms with Crippen LogP contribution in [-0.4, -0.2) is 54.9 Å². The minimum absolute atomic E-state index is 0.394. The number of hydrogen-bond acceptors (Lipinski definition) is 5. The fourth-order valence-electron chi connectivity index (χ4n) is 3.03. The van der Waals surface area contributed by atoms with E-state index in [1.165, 1.54) is 0 Å². The Bertz CT molecular complexity index is 547. The number of likely N-dealkylation sites (N-methyl/N-ethyl adjacent to an activating group) is 2. The second-order valence-corrected chi connectivity index (χ2v) is 6.52. The Kier molecular flexibility index (Phi) is 6.47. The van der Waals surface area contributed by atoms with Gasteiger partial charge in [-0.25, -0.2) is 0 Å². The van der Waals surface area contributed by atoms with Crippen LogP contribution in [0.15, 0.2) is 29.7 Å². The van der Waals surface area contributed by atoms with E-state index in [0.29, 0.717) is 6.61 Å². The molecular weight excluding hydrogens is 308 g/mol. The van der Waals surface area contributed by atoms with E-state index in [9.17, 15) is 0 Å². The van der Waals surface area contributed by atoms with E-state index in [4.69, 9.17) is 17.1 Å². The van der Waals surface area contributed by atoms with Crippen LogP contribution in [-0.2, 0) is 10.3 Å². The van der Waals surface area contributed by atoms with Gasteiger partial charge in [0.2, 0.25) is 0 Å². The third-order valence-electron chi connectivity index (χ3n) is 4.28. The van der Waals surface area contributed by atoms with Gasteiger partial charge >= 0.3 is 0 Å². The van der Waals surface area contributed by atoms with Gasteiger partial charge in [-0.05, 0) is 45.0 Å². The average Bonchev–Trinajstić information content (AvgIpc) is 2.59. The molecule has 0 aromatic carbocycles. The molecular formula is C17H26N4OS. The highest BCUT2D eigenvalue weighted by Crippen LogP contribution is 2.38. The zero-order chi connectivity index (χ0) is 16.7. The minimum Gasteiger partial charge on any atom is -0.394 e. The van der Waals surface area contributed by atoms with Crippen molar-refractivity contribution in [2.24, 2.45) is 5.16 Å². The van der Waals surface area contributed by atoms with E-state index < -0.39 is 5.41 Å². The Morgan fingerprint density at radius 2 is 2.30 bits per heavy atom. The molecule has 0 bridgehead atoms. The summed E-state index contributed by atoms with van der Waals surface area (Å²) < 4.78 is 0. The molecule has 1 aliphatic carbocycles. The first kappa shape index (κ1) is 17.8. The average molecular weight is 334 g/mol. The van der Waals surface area contributed by atoms with E-state index in [1.54, 1.807) is 6.20 Å². The summed E-state index contributed by atoms with van der Waals surface area (Å²) in [5.41, 5.74) is 1.71. The van der Waals surface area contributed by atoms with Crippen molar-refractivity contribution in [2.45, 2.75) is 31.1 Å². The monoisotopic (exact) mass is 334 g/mol. The molecule has 0 aliphatic heterocycles. The summed E-state index contributed by atoms with van der Waals surface area (Å²) in [6.07, 6.45) is 7.75. The van der Waals surface area contributed by atoms with E-state index in [0.717, 1.165) is 48.5 Å². The van der Waals surface area contributed by atoms with Crippen molar-refractivity contribution >= 4 is 22.9 Å². The maximum atomic E-state index is 5.68. The summed E-state index contributed by atoms with van der Waals surface area (Å²) in [7, 11) is 5.92. The van der Waals surface area contributed by atoms with Crippen molar-refractivity contribution < 1.29 is 4.84 Å². The maximum absolute atomic E-state index is 5.68. The number of nitrogens with one attached hydrogen (secondary N) is 1. The van der Waals surface area contributed by atoms with Crippen molar-refractivity contribution in [3.05, 3.63) is 30.1 Å². The molecule has 0 spiro atoms. The second-order valence-electron chi connectivity index (χ2n) is 6.11. The standard InChI is InChI=1S/C17H26N4OS/c1-18-16(23)17(14-7-6-10-19-13-14)9-5-4-8-15(17)20-22-12-11-21(2)3/h6-7,10,13H,4-5,8-9,11-12H2,1-3H3,(H,18,23)/b20-15-. The number of pyridine rings is 1. The first-order chi connectivity index (χ1) is 11.1. The largest absolute Gasteiger partial charge is 0.394 e. The van der Waals surface area contributed by atoms with E-state index >= 15 is 0 Å². The second kappa shape index (κ2) is 8.36. The highest BCUT2D eigenvalue weighted by atomic mass is 32.1. The van der Waals surface area contributed by atoms with Crippen molar-refractivity contribution in [3.8, 4) is 0 Å². The number of nitrogens with zero attached hydrogens (tertiary/aromatic N) is 3. The van der Waals surface area contributed by atoms with Gasteiger partial charge in [0.05, 0.1) is 16.1 Å². The molecule has 1 unspecified atom stereocenters. The van der Waals surface area contributed by atoms with Gasteiger partial charge in [-0.1, -0.05) is 29.9 Å². The van der Waals surface area contributed by atoms with Gasteiger partial charge in [-0.3, -0.25) is 4.98 Å². The van der Waals surface area contributed by atoms with Crippen LogP contribution in [0, 0.1) is 0 Å². The smallest absolute Gasteiger partial charge is 0.129 e. The van der Waals surface area contributed by atoms with Crippen LogP contribution in [0.3, 0.4) is 0 Å². The summed E-state index contributed by atoms with van der Waals surface area (Å²) in [4.78, 5) is 12.7. The van der Waals surface area contributed by atoms with Gasteiger partial charge in [0, 0.05) is 26.0 Å². The first-order valence-corrected chi connectivity index (χ1v) is 8.49. The Morgan fingerprint density at radius 3 is 2.96 bits per heavy atom. The molecule has 6 heteroatoms. The zero-order valence-corrected chi connectivity index (χ0v) is 15.0. The van der Waals surface area contributed by atoms with Crippen LogP contribution in [0.25, 0.3) is 0 Å². The van der Waals surface area contributed by atoms with Crippen LogP contribution in [0.4, 0.5) is 0 Å². The van der Waals surface area contributed by atoms with Gasteiger partial charge in [0.25, 0.3) is 0 Å². The summed E-state index contributed by atoms with van der Waals surface area (Å²) >= 11 is 5.68. The molecule has 1 aromatic heterocycles. The minimum atomic E-state index is -0.394. The summed E-state index contributed by atoms with van der Waals surface area (Å²) in [6.45, 7) is 1.42. The Balaban J connectivity index is 2.32. The summed E-state index contributed by atoms with van der Waals surface area (Å²) in [5, 5.41) is 7.66. The molecule has 1 heterocycles. The van der Waals surface area contributed by atoms with Crippen LogP contribution in [0.2, 0.25) is 0 Å². The van der Waals surface area contributed by atoms with Gasteiger partial charge in [-0.15, -0.1) is 0 Å². The predicted octanol–water partition coefficient (Wildman–Crippen LogP) is 2.37. The number of hydrogen-bond donors (Lipinski definition) is 1. The molecule has 1 N–H and O–H groups in total. The number of thiocarbonyl (C=S) groups is 1. The lowest BCUT2D eigenvalue weighted by molar-refractivity contribution is 0.123. The molecule has 1 aromatic rings. The van der Waals surface area contributed by atoms with Gasteiger partial charge in [-0.2, -0.15) is 0 Å². The molecule has 0 radical (unpaired) electrons. The lowest BCUT2D eigenvalue weighted by Gasteiger charge is -2.38. The SMILES string of the molecule is CNC(=S)C1(c2cccnc2)CCCC/C1=N/OCCN(C)C. The van der Waals surface area contributed by atoms with E-state index in [1.807, 2.05) is 33.4 Å². The Morgan fingerprint density at radius 1 is 1.48 bits per heavy atom. The third kappa shape index (κ3) is 4.06. The molecule has 1 saturated carbocycles. The summed E-state index contributed by atoms with van der Waals surface area (Å²) in [6, 6.07) is 4.03. The highest BCUT2D eigenvalue weighted by molar-refractivity contribution is 7.80. The van der Waals surface area contributed by atoms with Crippen LogP contribution in [0.1, 0.15) is 31.2 Å². The number of rotatable bonds is 6. The predicted molar refractivity (Wildman–Crippen MR) is 98.0 cm³/mol. The van der Waals surface area contributed by atoms with Crippen LogP contribution < -0.4 is 5.32 Å². The fourth-order valence-corrected chi connectivity index (χ4v) is 3.36. The normalized spacial score (nSPS) is 23.0. The molecule has 126 valence electrons. The van der Waals surface area contributed by atoms with Crippen molar-refractivity contribution in [2.75, 3.05) is 34.3 Å². The number of aromatic nitrogens is 1. The van der Waals surface area contributed by atoms with Gasteiger partial charge < -0.3 is 15.1 Å². The Hall–Kier alpha value is -1.53. The molecule has 1 aliphatic rings. The topological polar surface area (TPSA) is 49.8 Å². The van der Waals surface area contributed by atoms with Crippen molar-refractivity contribution in [3.63, 3.8) is 0 Å². The maximum Gasteiger partial charge on any atom is 0.129 e. The van der Waals surface area contributed by atoms with Gasteiger partial charge in [0.1, 0.15) is 6.61 Å². The van der Waals surface area contributed by atoms with E-state index in [2.05, 4.69) is 26.4 Å². The summed E-state index contributed by atoms with van der Waals surface area (Å²) in [5.74, 6) is 0. The Labute approximate surface area is 144 Å². The molecule has 1 fully saturated rings. The van der Waals surface area contributed by atoms with E-state index in [-0.39, 0.29) is 0 Å². The van der Waals surface area contributed by atoms with Gasteiger partial charge in [0.15, 0.2) is 0 Å². The lowest BCUT2D eigenvalue weighted by Crippen LogP contribution is -2.50. The zero-order valence-electron chi connectivity index (χ0n) is 14.2. The number of oxime groups is 1. The third-order valence-corrected chi connectivity index (χ3v) is 4.83.